The number of para-hydroxylation sites is 2. The number of hydrogen-bond donors (Lipinski definition) is 2. The molecular formula is C16H11ClF3N3O2. The van der Waals surface area contributed by atoms with E-state index in [1.54, 1.807) is 0 Å². The second-order valence-electron chi connectivity index (χ2n) is 4.75. The number of alkyl halides is 3. The number of benzene rings is 2. The highest BCUT2D eigenvalue weighted by atomic mass is 35.5. The molecule has 0 bridgehead atoms. The molecule has 2 aromatic carbocycles. The largest absolute Gasteiger partial charge is 0.573 e. The Morgan fingerprint density at radius 1 is 1.24 bits per heavy atom. The zero-order chi connectivity index (χ0) is 18.4. The van der Waals surface area contributed by atoms with E-state index in [2.05, 4.69) is 15.4 Å². The van der Waals surface area contributed by atoms with Crippen molar-refractivity contribution in [3.8, 4) is 11.8 Å². The van der Waals surface area contributed by atoms with Gasteiger partial charge in [-0.05, 0) is 30.3 Å². The summed E-state index contributed by atoms with van der Waals surface area (Å²) in [5.41, 5.74) is 0.638. The number of rotatable bonds is 5. The smallest absolute Gasteiger partial charge is 0.404 e. The van der Waals surface area contributed by atoms with E-state index in [0.717, 1.165) is 6.07 Å². The molecule has 0 aliphatic rings. The van der Waals surface area contributed by atoms with E-state index in [1.165, 1.54) is 36.4 Å². The monoisotopic (exact) mass is 369 g/mol. The average molecular weight is 370 g/mol. The van der Waals surface area contributed by atoms with Crippen LogP contribution in [-0.2, 0) is 4.79 Å². The minimum atomic E-state index is -4.83. The summed E-state index contributed by atoms with van der Waals surface area (Å²) in [4.78, 5) is 11.9. The highest BCUT2D eigenvalue weighted by Crippen LogP contribution is 2.29. The molecule has 130 valence electrons. The van der Waals surface area contributed by atoms with Gasteiger partial charge in [0.05, 0.1) is 22.8 Å². The highest BCUT2D eigenvalue weighted by molar-refractivity contribution is 6.32. The van der Waals surface area contributed by atoms with Crippen molar-refractivity contribution in [2.45, 2.75) is 6.36 Å². The van der Waals surface area contributed by atoms with Gasteiger partial charge in [0.15, 0.2) is 5.75 Å². The van der Waals surface area contributed by atoms with E-state index in [4.69, 9.17) is 16.9 Å². The van der Waals surface area contributed by atoms with Crippen LogP contribution in [0, 0.1) is 11.3 Å². The summed E-state index contributed by atoms with van der Waals surface area (Å²) in [6, 6.07) is 11.6. The van der Waals surface area contributed by atoms with Crippen molar-refractivity contribution in [1.82, 2.24) is 0 Å². The third kappa shape index (κ3) is 5.58. The fraction of sp³-hybridized carbons (Fsp3) is 0.125. The van der Waals surface area contributed by atoms with E-state index in [0.29, 0.717) is 5.69 Å². The first kappa shape index (κ1) is 18.4. The number of hydrogen-bond acceptors (Lipinski definition) is 4. The van der Waals surface area contributed by atoms with Crippen molar-refractivity contribution >= 4 is 28.9 Å². The molecular weight excluding hydrogens is 359 g/mol. The van der Waals surface area contributed by atoms with Crippen LogP contribution in [0.4, 0.5) is 24.5 Å². The Kier molecular flexibility index (Phi) is 5.72. The lowest BCUT2D eigenvalue weighted by Crippen LogP contribution is -2.23. The molecule has 0 saturated carbocycles. The van der Waals surface area contributed by atoms with Crippen molar-refractivity contribution in [1.29, 1.82) is 5.26 Å². The number of carbonyl (C=O) groups excluding carboxylic acids is 1. The van der Waals surface area contributed by atoms with Gasteiger partial charge in [-0.2, -0.15) is 5.26 Å². The first-order valence-electron chi connectivity index (χ1n) is 6.86. The van der Waals surface area contributed by atoms with Gasteiger partial charge in [-0.1, -0.05) is 23.7 Å². The highest BCUT2D eigenvalue weighted by Gasteiger charge is 2.32. The van der Waals surface area contributed by atoms with E-state index < -0.39 is 18.0 Å². The first-order chi connectivity index (χ1) is 11.8. The van der Waals surface area contributed by atoms with Crippen molar-refractivity contribution < 1.29 is 22.7 Å². The molecule has 0 aromatic heterocycles. The van der Waals surface area contributed by atoms with Gasteiger partial charge < -0.3 is 15.4 Å². The molecule has 0 radical (unpaired) electrons. The summed E-state index contributed by atoms with van der Waals surface area (Å²) in [6.07, 6.45) is -4.83. The SMILES string of the molecule is N#Cc1ccc(NC(=O)CNc2ccccc2OC(F)(F)F)cc1Cl. The minimum Gasteiger partial charge on any atom is -0.404 e. The van der Waals surface area contributed by atoms with Gasteiger partial charge in [-0.3, -0.25) is 4.79 Å². The van der Waals surface area contributed by atoms with Crippen molar-refractivity contribution in [2.24, 2.45) is 0 Å². The fourth-order valence-electron chi connectivity index (χ4n) is 1.89. The van der Waals surface area contributed by atoms with Gasteiger partial charge in [0.2, 0.25) is 5.91 Å². The quantitative estimate of drug-likeness (QED) is 0.830. The lowest BCUT2D eigenvalue weighted by Gasteiger charge is -2.14. The van der Waals surface area contributed by atoms with Gasteiger partial charge >= 0.3 is 6.36 Å². The molecule has 0 aliphatic carbocycles. The van der Waals surface area contributed by atoms with Crippen LogP contribution in [0.15, 0.2) is 42.5 Å². The number of amides is 1. The Morgan fingerprint density at radius 2 is 1.96 bits per heavy atom. The van der Waals surface area contributed by atoms with Crippen molar-refractivity contribution in [2.75, 3.05) is 17.2 Å². The van der Waals surface area contributed by atoms with Gasteiger partial charge in [0.1, 0.15) is 6.07 Å². The molecule has 2 aromatic rings. The predicted octanol–water partition coefficient (Wildman–Crippen LogP) is 4.16. The summed E-state index contributed by atoms with van der Waals surface area (Å²) in [6.45, 7) is -0.296. The molecule has 0 heterocycles. The topological polar surface area (TPSA) is 74.2 Å². The van der Waals surface area contributed by atoms with Crippen LogP contribution in [0.5, 0.6) is 5.75 Å². The number of ether oxygens (including phenoxy) is 1. The van der Waals surface area contributed by atoms with Crippen LogP contribution in [0.3, 0.4) is 0 Å². The van der Waals surface area contributed by atoms with Gasteiger partial charge in [0.25, 0.3) is 0 Å². The third-order valence-electron chi connectivity index (χ3n) is 2.93. The van der Waals surface area contributed by atoms with Crippen LogP contribution in [-0.4, -0.2) is 18.8 Å². The number of nitriles is 1. The zero-order valence-electron chi connectivity index (χ0n) is 12.5. The summed E-state index contributed by atoms with van der Waals surface area (Å²) in [5.74, 6) is -0.952. The Balaban J connectivity index is 1.99. The molecule has 2 N–H and O–H groups in total. The van der Waals surface area contributed by atoms with Crippen LogP contribution >= 0.6 is 11.6 Å². The maximum atomic E-state index is 12.3. The summed E-state index contributed by atoms with van der Waals surface area (Å²) >= 11 is 5.86. The molecule has 0 unspecified atom stereocenters. The standard InChI is InChI=1S/C16H11ClF3N3O2/c17-12-7-11(6-5-10(12)8-21)23-15(24)9-22-13-3-1-2-4-14(13)25-16(18,19)20/h1-7,22H,9H2,(H,23,24). The Hall–Kier alpha value is -2.92. The van der Waals surface area contributed by atoms with E-state index in [-0.39, 0.29) is 22.8 Å². The number of halogens is 4. The number of nitrogens with zero attached hydrogens (tertiary/aromatic N) is 1. The van der Waals surface area contributed by atoms with Crippen LogP contribution in [0.25, 0.3) is 0 Å². The molecule has 5 nitrogen and oxygen atoms in total. The molecule has 9 heteroatoms. The third-order valence-corrected chi connectivity index (χ3v) is 3.24. The molecule has 25 heavy (non-hydrogen) atoms. The van der Waals surface area contributed by atoms with E-state index >= 15 is 0 Å². The fourth-order valence-corrected chi connectivity index (χ4v) is 2.11. The van der Waals surface area contributed by atoms with Crippen molar-refractivity contribution in [3.05, 3.63) is 53.1 Å². The Labute approximate surface area is 146 Å². The van der Waals surface area contributed by atoms with Crippen LogP contribution < -0.4 is 15.4 Å². The van der Waals surface area contributed by atoms with Crippen molar-refractivity contribution in [3.63, 3.8) is 0 Å². The van der Waals surface area contributed by atoms with Gasteiger partial charge in [-0.15, -0.1) is 13.2 Å². The Morgan fingerprint density at radius 3 is 2.60 bits per heavy atom. The summed E-state index contributed by atoms with van der Waals surface area (Å²) in [7, 11) is 0. The molecule has 0 spiro atoms. The molecule has 1 amide bonds. The number of nitrogens with one attached hydrogen (secondary N) is 2. The predicted molar refractivity (Wildman–Crippen MR) is 86.4 cm³/mol. The lowest BCUT2D eigenvalue weighted by molar-refractivity contribution is -0.274. The molecule has 0 aliphatic heterocycles. The van der Waals surface area contributed by atoms with Gasteiger partial charge in [-0.25, -0.2) is 0 Å². The molecule has 0 atom stereocenters. The van der Waals surface area contributed by atoms with E-state index in [9.17, 15) is 18.0 Å². The first-order valence-corrected chi connectivity index (χ1v) is 7.24. The summed E-state index contributed by atoms with van der Waals surface area (Å²) < 4.78 is 40.9. The minimum absolute atomic E-state index is 0.0211. The average Bonchev–Trinajstić information content (AvgIpc) is 2.53. The van der Waals surface area contributed by atoms with Gasteiger partial charge in [0, 0.05) is 5.69 Å². The van der Waals surface area contributed by atoms with E-state index in [1.807, 2.05) is 6.07 Å². The maximum absolute atomic E-state index is 12.3. The number of carbonyl (C=O) groups is 1. The normalized spacial score (nSPS) is 10.7. The molecule has 0 saturated heterocycles. The lowest BCUT2D eigenvalue weighted by atomic mass is 10.2. The summed E-state index contributed by atoms with van der Waals surface area (Å²) in [5, 5.41) is 14.0. The number of anilines is 2. The van der Waals surface area contributed by atoms with Crippen LogP contribution in [0.2, 0.25) is 5.02 Å². The Bertz CT molecular complexity index is 819. The molecule has 0 fully saturated rings. The zero-order valence-corrected chi connectivity index (χ0v) is 13.3. The molecule has 2 rings (SSSR count). The van der Waals surface area contributed by atoms with Crippen LogP contribution in [0.1, 0.15) is 5.56 Å². The second kappa shape index (κ2) is 7.77. The second-order valence-corrected chi connectivity index (χ2v) is 5.16. The maximum Gasteiger partial charge on any atom is 0.573 e.